The molecule has 3 heterocycles. The van der Waals surface area contributed by atoms with Gasteiger partial charge in [-0.2, -0.15) is 0 Å². The van der Waals surface area contributed by atoms with Crippen LogP contribution in [0.4, 0.5) is 5.82 Å². The maximum absolute atomic E-state index is 13.3. The lowest BCUT2D eigenvalue weighted by molar-refractivity contribution is -0.121. The van der Waals surface area contributed by atoms with Gasteiger partial charge in [0, 0.05) is 24.9 Å². The van der Waals surface area contributed by atoms with Gasteiger partial charge in [0.2, 0.25) is 5.91 Å². The Balaban J connectivity index is 1.07. The summed E-state index contributed by atoms with van der Waals surface area (Å²) in [6, 6.07) is 32.4. The van der Waals surface area contributed by atoms with Gasteiger partial charge in [-0.3, -0.25) is 14.2 Å². The minimum absolute atomic E-state index is 0.00337. The van der Waals surface area contributed by atoms with E-state index in [0.29, 0.717) is 47.1 Å². The van der Waals surface area contributed by atoms with E-state index in [1.54, 1.807) is 37.2 Å². The molecule has 2 aromatic heterocycles. The van der Waals surface area contributed by atoms with Gasteiger partial charge in [-0.05, 0) is 71.0 Å². The van der Waals surface area contributed by atoms with E-state index in [-0.39, 0.29) is 30.7 Å². The normalized spacial score (nSPS) is 16.7. The molecule has 1 aliphatic rings. The van der Waals surface area contributed by atoms with Crippen molar-refractivity contribution >= 4 is 28.8 Å². The summed E-state index contributed by atoms with van der Waals surface area (Å²) in [7, 11) is 3.25. The van der Waals surface area contributed by atoms with Crippen LogP contribution in [0.25, 0.3) is 11.2 Å². The van der Waals surface area contributed by atoms with Crippen molar-refractivity contribution in [2.75, 3.05) is 26.1 Å². The number of aliphatic hydroxyl groups excluding tert-OH is 1. The molecule has 1 fully saturated rings. The second kappa shape index (κ2) is 18.0. The van der Waals surface area contributed by atoms with E-state index >= 15 is 0 Å². The number of aromatic nitrogens is 4. The van der Waals surface area contributed by atoms with Crippen molar-refractivity contribution in [3.05, 3.63) is 144 Å². The topological polar surface area (TPSA) is 159 Å². The molecule has 0 spiro atoms. The summed E-state index contributed by atoms with van der Waals surface area (Å²) in [5.41, 5.74) is 3.62. The predicted octanol–water partition coefficient (Wildman–Crippen LogP) is 6.81. The Kier molecular flexibility index (Phi) is 12.4. The van der Waals surface area contributed by atoms with Crippen LogP contribution in [0.5, 0.6) is 11.5 Å². The van der Waals surface area contributed by atoms with Gasteiger partial charge in [0.1, 0.15) is 35.8 Å². The predicted molar refractivity (Wildman–Crippen MR) is 218 cm³/mol. The maximum atomic E-state index is 13.3. The third-order valence-corrected chi connectivity index (χ3v) is 10.4. The van der Waals surface area contributed by atoms with E-state index in [1.807, 2.05) is 91.0 Å². The molecule has 0 bridgehead atoms. The fourth-order valence-electron chi connectivity index (χ4n) is 7.13. The van der Waals surface area contributed by atoms with Crippen molar-refractivity contribution < 1.29 is 33.6 Å². The van der Waals surface area contributed by atoms with Crippen LogP contribution in [0.1, 0.15) is 71.9 Å². The quantitative estimate of drug-likeness (QED) is 0.0891. The maximum Gasteiger partial charge on any atom is 0.256 e. The van der Waals surface area contributed by atoms with Gasteiger partial charge in [-0.1, -0.05) is 80.6 Å². The highest BCUT2D eigenvalue weighted by Gasteiger charge is 2.42. The molecule has 4 aromatic carbocycles. The molecule has 1 aliphatic heterocycles. The van der Waals surface area contributed by atoms with Crippen LogP contribution in [0.2, 0.25) is 0 Å². The summed E-state index contributed by atoms with van der Waals surface area (Å²) in [6.07, 6.45) is 2.28. The second-order valence-electron chi connectivity index (χ2n) is 14.7. The molecule has 1 unspecified atom stereocenters. The highest BCUT2D eigenvalue weighted by molar-refractivity contribution is 6.06. The van der Waals surface area contributed by atoms with Crippen LogP contribution in [-0.2, 0) is 26.4 Å². The molecule has 13 nitrogen and oxygen atoms in total. The number of methoxy groups -OCH3 is 2. The Labute approximate surface area is 337 Å². The summed E-state index contributed by atoms with van der Waals surface area (Å²) in [5.74, 6) is 1.75. The number of anilines is 1. The summed E-state index contributed by atoms with van der Waals surface area (Å²) < 4.78 is 26.2. The Bertz CT molecular complexity index is 2250. The van der Waals surface area contributed by atoms with Crippen LogP contribution in [0.15, 0.2) is 116 Å². The first-order chi connectivity index (χ1) is 28.2. The number of benzene rings is 4. The van der Waals surface area contributed by atoms with Crippen molar-refractivity contribution in [3.8, 4) is 11.5 Å². The Hall–Kier alpha value is -6.15. The van der Waals surface area contributed by atoms with Gasteiger partial charge in [-0.25, -0.2) is 15.0 Å². The van der Waals surface area contributed by atoms with Gasteiger partial charge in [0.25, 0.3) is 5.91 Å². The van der Waals surface area contributed by atoms with E-state index in [1.165, 1.54) is 6.33 Å². The molecule has 7 rings (SSSR count). The Morgan fingerprint density at radius 1 is 0.862 bits per heavy atom. The van der Waals surface area contributed by atoms with Crippen LogP contribution < -0.4 is 20.1 Å². The van der Waals surface area contributed by atoms with E-state index < -0.39 is 24.0 Å². The number of amides is 2. The lowest BCUT2D eigenvalue weighted by Gasteiger charge is -2.37. The van der Waals surface area contributed by atoms with E-state index in [4.69, 9.17) is 18.9 Å². The third-order valence-electron chi connectivity index (χ3n) is 10.4. The molecule has 1 saturated heterocycles. The largest absolute Gasteiger partial charge is 0.497 e. The third kappa shape index (κ3) is 8.71. The molecule has 0 radical (unpaired) electrons. The number of hydrogen-bond acceptors (Lipinski definition) is 10. The highest BCUT2D eigenvalue weighted by Crippen LogP contribution is 2.43. The highest BCUT2D eigenvalue weighted by atomic mass is 16.6. The van der Waals surface area contributed by atoms with E-state index in [9.17, 15) is 14.7 Å². The number of nitrogens with one attached hydrogen (secondary N) is 2. The smallest absolute Gasteiger partial charge is 0.256 e. The average molecular weight is 785 g/mol. The summed E-state index contributed by atoms with van der Waals surface area (Å²) in [5, 5.41) is 17.2. The number of carbonyl (C=O) groups excluding carboxylic acids is 2. The number of nitrogens with zero attached hydrogens (tertiary/aromatic N) is 4. The number of hydrogen-bond donors (Lipinski definition) is 3. The first-order valence-corrected chi connectivity index (χ1v) is 19.3. The number of carbonyl (C=O) groups is 2. The molecule has 3 atom stereocenters. The molecule has 2 amide bonds. The van der Waals surface area contributed by atoms with Crippen LogP contribution in [0.3, 0.4) is 0 Å². The molecular weight excluding hydrogens is 737 g/mol. The first kappa shape index (κ1) is 40.1. The van der Waals surface area contributed by atoms with Crippen LogP contribution in [-0.4, -0.2) is 69.5 Å². The lowest BCUT2D eigenvalue weighted by Crippen LogP contribution is -2.38. The van der Waals surface area contributed by atoms with Crippen molar-refractivity contribution in [3.63, 3.8) is 0 Å². The van der Waals surface area contributed by atoms with Crippen molar-refractivity contribution in [1.29, 1.82) is 0 Å². The average Bonchev–Trinajstić information content (AvgIpc) is 3.86. The molecule has 0 aliphatic carbocycles. The fraction of sp³-hybridized carbons (Fsp3) is 0.311. The van der Waals surface area contributed by atoms with Crippen molar-refractivity contribution in [2.45, 2.75) is 63.7 Å². The summed E-state index contributed by atoms with van der Waals surface area (Å²) in [6.45, 7) is 4.59. The standard InChI is InChI=1S/C45H48N6O7/c1-29(2)10-23-39(53)46-25-30-11-13-31(14-12-30)44(54)50-42-41-43(48-27-47-42)51(28-49-41)40-24-37(52)38(58-40)26-57-45(32-8-6-5-7-9-32,33-15-19-35(55-3)20-16-33)34-17-21-36(56-4)22-18-34/h5-9,11-22,27-29,37-38,40,52H,10,23-26H2,1-4H3,(H,46,53)(H,47,48,50,54)/t37?,38-,40-/m1/s1. The Morgan fingerprint density at radius 3 is 2.12 bits per heavy atom. The molecule has 0 saturated carbocycles. The van der Waals surface area contributed by atoms with Crippen LogP contribution in [0, 0.1) is 5.92 Å². The number of aliphatic hydroxyl groups is 1. The van der Waals surface area contributed by atoms with Gasteiger partial charge in [0.15, 0.2) is 17.0 Å². The molecular formula is C45H48N6O7. The number of rotatable bonds is 16. The van der Waals surface area contributed by atoms with Gasteiger partial charge in [-0.15, -0.1) is 0 Å². The monoisotopic (exact) mass is 784 g/mol. The zero-order valence-electron chi connectivity index (χ0n) is 33.0. The molecule has 58 heavy (non-hydrogen) atoms. The van der Waals surface area contributed by atoms with Gasteiger partial charge < -0.3 is 34.7 Å². The molecule has 3 N–H and O–H groups in total. The minimum atomic E-state index is -1.09. The zero-order chi connectivity index (χ0) is 40.6. The summed E-state index contributed by atoms with van der Waals surface area (Å²) in [4.78, 5) is 38.8. The fourth-order valence-corrected chi connectivity index (χ4v) is 7.13. The minimum Gasteiger partial charge on any atom is -0.497 e. The SMILES string of the molecule is COc1ccc(C(OC[C@H]2O[C@@H](n3cnc4c(NC(=O)c5ccc(CNC(=O)CCC(C)C)cc5)ncnc43)CC2O)(c2ccccc2)c2ccc(OC)cc2)cc1. The first-order valence-electron chi connectivity index (χ1n) is 19.3. The number of imidazole rings is 1. The molecule has 6 aromatic rings. The zero-order valence-corrected chi connectivity index (χ0v) is 33.0. The molecule has 13 heteroatoms. The number of fused-ring (bicyclic) bond motifs is 1. The summed E-state index contributed by atoms with van der Waals surface area (Å²) >= 11 is 0. The number of ether oxygens (including phenoxy) is 4. The van der Waals surface area contributed by atoms with E-state index in [2.05, 4.69) is 39.4 Å². The van der Waals surface area contributed by atoms with Crippen LogP contribution >= 0.6 is 0 Å². The van der Waals surface area contributed by atoms with E-state index in [0.717, 1.165) is 28.7 Å². The lowest BCUT2D eigenvalue weighted by atomic mass is 9.80. The van der Waals surface area contributed by atoms with Crippen molar-refractivity contribution in [2.24, 2.45) is 5.92 Å². The van der Waals surface area contributed by atoms with Gasteiger partial charge in [0.05, 0.1) is 33.3 Å². The van der Waals surface area contributed by atoms with Gasteiger partial charge >= 0.3 is 0 Å². The van der Waals surface area contributed by atoms with Crippen molar-refractivity contribution in [1.82, 2.24) is 24.8 Å². The second-order valence-corrected chi connectivity index (χ2v) is 14.7. The molecule has 300 valence electrons. The Morgan fingerprint density at radius 2 is 1.50 bits per heavy atom.